The summed E-state index contributed by atoms with van der Waals surface area (Å²) in [7, 11) is 0. The predicted octanol–water partition coefficient (Wildman–Crippen LogP) is 5.34. The Balaban J connectivity index is 2.35. The fourth-order valence-electron chi connectivity index (χ4n) is 4.01. The van der Waals surface area contributed by atoms with E-state index in [1.165, 1.54) is 24.1 Å². The summed E-state index contributed by atoms with van der Waals surface area (Å²) in [5.41, 5.74) is 2.93. The first-order chi connectivity index (χ1) is 13.7. The Morgan fingerprint density at radius 1 is 1.31 bits per heavy atom. The van der Waals surface area contributed by atoms with E-state index in [9.17, 15) is 9.59 Å². The summed E-state index contributed by atoms with van der Waals surface area (Å²) in [6.07, 6.45) is 5.62. The van der Waals surface area contributed by atoms with Crippen molar-refractivity contribution < 1.29 is 14.3 Å². The van der Waals surface area contributed by atoms with Crippen LogP contribution in [0.4, 0.5) is 10.5 Å². The summed E-state index contributed by atoms with van der Waals surface area (Å²) >= 11 is 0. The molecule has 29 heavy (non-hydrogen) atoms. The van der Waals surface area contributed by atoms with E-state index in [0.29, 0.717) is 19.0 Å². The van der Waals surface area contributed by atoms with Crippen LogP contribution >= 0.6 is 0 Å². The van der Waals surface area contributed by atoms with Crippen LogP contribution in [0.5, 0.6) is 0 Å². The Kier molecular flexibility index (Phi) is 8.12. The van der Waals surface area contributed by atoms with Crippen LogP contribution in [-0.4, -0.2) is 41.5 Å². The number of ether oxygens (including phenoxy) is 1. The lowest BCUT2D eigenvalue weighted by Crippen LogP contribution is -2.48. The second kappa shape index (κ2) is 10.1. The van der Waals surface area contributed by atoms with Gasteiger partial charge in [0.2, 0.25) is 0 Å². The minimum absolute atomic E-state index is 0.408. The van der Waals surface area contributed by atoms with Crippen LogP contribution in [0.1, 0.15) is 78.4 Å². The number of amides is 1. The first-order valence-electron chi connectivity index (χ1n) is 11.0. The molecule has 2 rings (SSSR count). The maximum absolute atomic E-state index is 12.7. The molecule has 2 atom stereocenters. The van der Waals surface area contributed by atoms with E-state index in [2.05, 4.69) is 43.9 Å². The van der Waals surface area contributed by atoms with Gasteiger partial charge in [-0.25, -0.2) is 4.79 Å². The second-order valence-electron chi connectivity index (χ2n) is 9.12. The number of benzene rings is 1. The topological polar surface area (TPSA) is 49.9 Å². The van der Waals surface area contributed by atoms with E-state index in [4.69, 9.17) is 4.74 Å². The number of hydrogen-bond donors (Lipinski definition) is 0. The SMILES string of the molecule is CCCCC(C)N(CCC)c1cccc2c1CC(C=O)N(C(=O)OC(C)(C)C)C2. The lowest BCUT2D eigenvalue weighted by atomic mass is 9.92. The van der Waals surface area contributed by atoms with Crippen LogP contribution in [0.2, 0.25) is 0 Å². The molecule has 5 heteroatoms. The van der Waals surface area contributed by atoms with Gasteiger partial charge in [0.15, 0.2) is 0 Å². The fraction of sp³-hybridized carbons (Fsp3) is 0.667. The number of carbonyl (C=O) groups excluding carboxylic acids is 2. The van der Waals surface area contributed by atoms with Gasteiger partial charge in [-0.1, -0.05) is 38.8 Å². The number of anilines is 1. The molecule has 2 unspecified atom stereocenters. The van der Waals surface area contributed by atoms with Crippen molar-refractivity contribution in [1.82, 2.24) is 4.90 Å². The lowest BCUT2D eigenvalue weighted by Gasteiger charge is -2.39. The monoisotopic (exact) mass is 402 g/mol. The van der Waals surface area contributed by atoms with Crippen LogP contribution in [0, 0.1) is 0 Å². The van der Waals surface area contributed by atoms with Gasteiger partial charge < -0.3 is 14.4 Å². The number of fused-ring (bicyclic) bond motifs is 1. The zero-order valence-electron chi connectivity index (χ0n) is 19.0. The van der Waals surface area contributed by atoms with Gasteiger partial charge in [-0.2, -0.15) is 0 Å². The third-order valence-electron chi connectivity index (χ3n) is 5.47. The molecule has 0 N–H and O–H groups in total. The van der Waals surface area contributed by atoms with Crippen molar-refractivity contribution in [3.8, 4) is 0 Å². The highest BCUT2D eigenvalue weighted by Gasteiger charge is 2.34. The van der Waals surface area contributed by atoms with Crippen LogP contribution < -0.4 is 4.90 Å². The zero-order valence-corrected chi connectivity index (χ0v) is 19.0. The normalized spacial score (nSPS) is 17.4. The number of hydrogen-bond acceptors (Lipinski definition) is 4. The van der Waals surface area contributed by atoms with Crippen molar-refractivity contribution in [2.45, 2.75) is 97.9 Å². The molecule has 1 aliphatic heterocycles. The minimum atomic E-state index is -0.584. The van der Waals surface area contributed by atoms with Gasteiger partial charge in [0.25, 0.3) is 0 Å². The van der Waals surface area contributed by atoms with Gasteiger partial charge in [-0.05, 0) is 57.7 Å². The van der Waals surface area contributed by atoms with Gasteiger partial charge in [-0.3, -0.25) is 4.90 Å². The first-order valence-corrected chi connectivity index (χ1v) is 11.0. The molecule has 5 nitrogen and oxygen atoms in total. The molecule has 1 amide bonds. The molecule has 1 heterocycles. The van der Waals surface area contributed by atoms with E-state index in [1.54, 1.807) is 4.90 Å². The van der Waals surface area contributed by atoms with Crippen LogP contribution in [-0.2, 0) is 22.5 Å². The Morgan fingerprint density at radius 3 is 2.62 bits per heavy atom. The standard InChI is InChI=1S/C24H38N2O3/c1-7-9-11-18(3)25(14-8-2)22-13-10-12-19-16-26(20(17-27)15-21(19)22)23(28)29-24(4,5)6/h10,12-13,17-18,20H,7-9,11,14-16H2,1-6H3. The third-order valence-corrected chi connectivity index (χ3v) is 5.47. The van der Waals surface area contributed by atoms with Crippen LogP contribution in [0.25, 0.3) is 0 Å². The summed E-state index contributed by atoms with van der Waals surface area (Å²) in [6.45, 7) is 13.6. The molecule has 1 aliphatic rings. The highest BCUT2D eigenvalue weighted by molar-refractivity contribution is 5.76. The van der Waals surface area contributed by atoms with Crippen molar-refractivity contribution >= 4 is 18.1 Å². The maximum Gasteiger partial charge on any atom is 0.411 e. The molecule has 1 aromatic carbocycles. The number of carbonyl (C=O) groups is 2. The van der Waals surface area contributed by atoms with Gasteiger partial charge in [0.1, 0.15) is 11.9 Å². The summed E-state index contributed by atoms with van der Waals surface area (Å²) in [4.78, 5) is 28.6. The molecule has 0 bridgehead atoms. The quantitative estimate of drug-likeness (QED) is 0.551. The molecule has 0 radical (unpaired) electrons. The first kappa shape index (κ1) is 23.2. The summed E-state index contributed by atoms with van der Waals surface area (Å²) in [5.74, 6) is 0. The van der Waals surface area contributed by atoms with Gasteiger partial charge >= 0.3 is 6.09 Å². The number of unbranched alkanes of at least 4 members (excludes halogenated alkanes) is 1. The van der Waals surface area contributed by atoms with Crippen molar-refractivity contribution in [1.29, 1.82) is 0 Å². The van der Waals surface area contributed by atoms with Gasteiger partial charge in [0, 0.05) is 24.7 Å². The highest BCUT2D eigenvalue weighted by atomic mass is 16.6. The lowest BCUT2D eigenvalue weighted by molar-refractivity contribution is -0.113. The number of rotatable bonds is 8. The van der Waals surface area contributed by atoms with Crippen molar-refractivity contribution in [2.75, 3.05) is 11.4 Å². The van der Waals surface area contributed by atoms with E-state index < -0.39 is 17.7 Å². The fourth-order valence-corrected chi connectivity index (χ4v) is 4.01. The summed E-state index contributed by atoms with van der Waals surface area (Å²) < 4.78 is 5.54. The molecule has 0 saturated heterocycles. The van der Waals surface area contributed by atoms with E-state index in [1.807, 2.05) is 20.8 Å². The van der Waals surface area contributed by atoms with Crippen LogP contribution in [0.3, 0.4) is 0 Å². The Hall–Kier alpha value is -2.04. The molecule has 0 aliphatic carbocycles. The summed E-state index contributed by atoms with van der Waals surface area (Å²) in [5, 5.41) is 0. The smallest absolute Gasteiger partial charge is 0.411 e. The summed E-state index contributed by atoms with van der Waals surface area (Å²) in [6, 6.07) is 6.26. The average molecular weight is 403 g/mol. The van der Waals surface area contributed by atoms with Crippen molar-refractivity contribution in [3.63, 3.8) is 0 Å². The largest absolute Gasteiger partial charge is 0.444 e. The van der Waals surface area contributed by atoms with Crippen LogP contribution in [0.15, 0.2) is 18.2 Å². The Morgan fingerprint density at radius 2 is 2.03 bits per heavy atom. The zero-order chi connectivity index (χ0) is 21.6. The number of nitrogens with zero attached hydrogens (tertiary/aromatic N) is 2. The molecule has 0 aromatic heterocycles. The van der Waals surface area contributed by atoms with Crippen molar-refractivity contribution in [3.05, 3.63) is 29.3 Å². The van der Waals surface area contributed by atoms with E-state index >= 15 is 0 Å². The molecular formula is C24H38N2O3. The highest BCUT2D eigenvalue weighted by Crippen LogP contribution is 2.33. The average Bonchev–Trinajstić information content (AvgIpc) is 2.67. The second-order valence-corrected chi connectivity index (χ2v) is 9.12. The predicted molar refractivity (Wildman–Crippen MR) is 118 cm³/mol. The molecule has 1 aromatic rings. The molecule has 162 valence electrons. The van der Waals surface area contributed by atoms with Gasteiger partial charge in [0.05, 0.1) is 12.6 Å². The molecule has 0 saturated carbocycles. The minimum Gasteiger partial charge on any atom is -0.444 e. The van der Waals surface area contributed by atoms with Crippen molar-refractivity contribution in [2.24, 2.45) is 0 Å². The van der Waals surface area contributed by atoms with E-state index in [-0.39, 0.29) is 0 Å². The Bertz CT molecular complexity index is 696. The number of aldehydes is 1. The molecular weight excluding hydrogens is 364 g/mol. The third kappa shape index (κ3) is 5.97. The molecule has 0 spiro atoms. The Labute approximate surface area is 176 Å². The maximum atomic E-state index is 12.7. The van der Waals surface area contributed by atoms with E-state index in [0.717, 1.165) is 31.2 Å². The molecule has 0 fully saturated rings. The van der Waals surface area contributed by atoms with Gasteiger partial charge in [-0.15, -0.1) is 0 Å².